The summed E-state index contributed by atoms with van der Waals surface area (Å²) in [5, 5.41) is 9.80. The van der Waals surface area contributed by atoms with Gasteiger partial charge in [-0.15, -0.1) is 0 Å². The Labute approximate surface area is 154 Å². The van der Waals surface area contributed by atoms with Crippen LogP contribution in [0.1, 0.15) is 11.1 Å². The molecule has 26 heavy (non-hydrogen) atoms. The molecule has 3 N–H and O–H groups in total. The van der Waals surface area contributed by atoms with Gasteiger partial charge in [-0.05, 0) is 29.8 Å². The third-order valence-electron chi connectivity index (χ3n) is 3.71. The lowest BCUT2D eigenvalue weighted by atomic mass is 10.1. The molecule has 1 heterocycles. The molecule has 3 aromatic rings. The summed E-state index contributed by atoms with van der Waals surface area (Å²) >= 11 is 1.38. The number of aromatic amines is 1. The summed E-state index contributed by atoms with van der Waals surface area (Å²) < 4.78 is 5.21. The molecule has 0 saturated carbocycles. The van der Waals surface area contributed by atoms with Crippen LogP contribution in [0.5, 0.6) is 5.75 Å². The summed E-state index contributed by atoms with van der Waals surface area (Å²) in [6, 6.07) is 16.6. The minimum Gasteiger partial charge on any atom is -0.497 e. The molecule has 130 valence electrons. The fourth-order valence-corrected chi connectivity index (χ4v) is 3.19. The van der Waals surface area contributed by atoms with Gasteiger partial charge in [-0.2, -0.15) is 5.26 Å². The Morgan fingerprint density at radius 2 is 2.04 bits per heavy atom. The first-order chi connectivity index (χ1) is 12.6. The van der Waals surface area contributed by atoms with Crippen molar-refractivity contribution in [1.29, 1.82) is 5.26 Å². The van der Waals surface area contributed by atoms with Crippen LogP contribution in [0, 0.1) is 11.3 Å². The van der Waals surface area contributed by atoms with Crippen LogP contribution < -0.4 is 16.0 Å². The van der Waals surface area contributed by atoms with Gasteiger partial charge in [-0.3, -0.25) is 4.79 Å². The molecule has 0 aliphatic carbocycles. The van der Waals surface area contributed by atoms with Gasteiger partial charge in [-0.25, -0.2) is 4.98 Å². The SMILES string of the molecule is COc1cccc(-c2nc(SCc3ccc(N)cc3)[nH]c(=O)c2C#N)c1. The molecule has 0 amide bonds. The molecule has 7 heteroatoms. The predicted molar refractivity (Wildman–Crippen MR) is 102 cm³/mol. The van der Waals surface area contributed by atoms with Gasteiger partial charge in [0, 0.05) is 17.0 Å². The van der Waals surface area contributed by atoms with Crippen molar-refractivity contribution in [3.05, 3.63) is 70.0 Å². The number of ether oxygens (including phenoxy) is 1. The van der Waals surface area contributed by atoms with E-state index in [1.165, 1.54) is 11.8 Å². The van der Waals surface area contributed by atoms with Crippen LogP contribution in [0.3, 0.4) is 0 Å². The maximum Gasteiger partial charge on any atom is 0.270 e. The fourth-order valence-electron chi connectivity index (χ4n) is 2.37. The molecular formula is C19H16N4O2S. The number of aromatic nitrogens is 2. The van der Waals surface area contributed by atoms with Crippen molar-refractivity contribution in [2.24, 2.45) is 0 Å². The van der Waals surface area contributed by atoms with Crippen molar-refractivity contribution < 1.29 is 4.74 Å². The van der Waals surface area contributed by atoms with E-state index in [2.05, 4.69) is 9.97 Å². The standard InChI is InChI=1S/C19H16N4O2S/c1-25-15-4-2-3-13(9-15)17-16(10-20)18(24)23-19(22-17)26-11-12-5-7-14(21)8-6-12/h2-9H,11,21H2,1H3,(H,22,23,24). The fraction of sp³-hybridized carbons (Fsp3) is 0.105. The summed E-state index contributed by atoms with van der Waals surface area (Å²) in [7, 11) is 1.56. The minimum atomic E-state index is -0.458. The van der Waals surface area contributed by atoms with Crippen molar-refractivity contribution in [3.8, 4) is 23.1 Å². The van der Waals surface area contributed by atoms with Crippen LogP contribution in [-0.2, 0) is 5.75 Å². The van der Waals surface area contributed by atoms with Gasteiger partial charge >= 0.3 is 0 Å². The van der Waals surface area contributed by atoms with E-state index in [1.54, 1.807) is 31.4 Å². The van der Waals surface area contributed by atoms with Crippen molar-refractivity contribution in [1.82, 2.24) is 9.97 Å². The molecule has 1 aromatic heterocycles. The highest BCUT2D eigenvalue weighted by Gasteiger charge is 2.14. The van der Waals surface area contributed by atoms with E-state index in [4.69, 9.17) is 10.5 Å². The van der Waals surface area contributed by atoms with Crippen LogP contribution in [0.15, 0.2) is 58.5 Å². The predicted octanol–water partition coefficient (Wildman–Crippen LogP) is 3.19. The summed E-state index contributed by atoms with van der Waals surface area (Å²) in [5.74, 6) is 1.25. The van der Waals surface area contributed by atoms with E-state index in [9.17, 15) is 10.1 Å². The number of H-pyrrole nitrogens is 1. The molecule has 0 unspecified atom stereocenters. The summed E-state index contributed by atoms with van der Waals surface area (Å²) in [6.07, 6.45) is 0. The second-order valence-corrected chi connectivity index (χ2v) is 6.43. The summed E-state index contributed by atoms with van der Waals surface area (Å²) in [6.45, 7) is 0. The monoisotopic (exact) mass is 364 g/mol. The number of nitrogens with zero attached hydrogens (tertiary/aromatic N) is 2. The smallest absolute Gasteiger partial charge is 0.270 e. The Morgan fingerprint density at radius 3 is 2.73 bits per heavy atom. The molecule has 0 bridgehead atoms. The Bertz CT molecular complexity index is 1020. The molecule has 0 spiro atoms. The van der Waals surface area contributed by atoms with Gasteiger partial charge in [0.1, 0.15) is 17.4 Å². The second kappa shape index (κ2) is 7.76. The minimum absolute atomic E-state index is 0.0184. The van der Waals surface area contributed by atoms with Crippen LogP contribution in [0.4, 0.5) is 5.69 Å². The number of nitriles is 1. The average molecular weight is 364 g/mol. The number of nitrogens with two attached hydrogens (primary N) is 1. The Kier molecular flexibility index (Phi) is 5.25. The molecule has 0 saturated heterocycles. The molecule has 2 aromatic carbocycles. The zero-order valence-electron chi connectivity index (χ0n) is 14.0. The maximum atomic E-state index is 12.3. The van der Waals surface area contributed by atoms with Gasteiger partial charge in [-0.1, -0.05) is 36.0 Å². The van der Waals surface area contributed by atoms with Gasteiger partial charge in [0.2, 0.25) is 0 Å². The van der Waals surface area contributed by atoms with E-state index in [-0.39, 0.29) is 5.56 Å². The largest absolute Gasteiger partial charge is 0.497 e. The number of thioether (sulfide) groups is 1. The Hall–Kier alpha value is -3.24. The van der Waals surface area contributed by atoms with Gasteiger partial charge < -0.3 is 15.5 Å². The number of benzene rings is 2. The normalized spacial score (nSPS) is 10.3. The molecule has 0 aliphatic rings. The molecule has 3 rings (SSSR count). The van der Waals surface area contributed by atoms with E-state index in [0.29, 0.717) is 33.6 Å². The number of hydrogen-bond donors (Lipinski definition) is 2. The number of nitrogen functional groups attached to an aromatic ring is 1. The Balaban J connectivity index is 1.95. The highest BCUT2D eigenvalue weighted by atomic mass is 32.2. The number of hydrogen-bond acceptors (Lipinski definition) is 6. The third-order valence-corrected chi connectivity index (χ3v) is 4.65. The van der Waals surface area contributed by atoms with E-state index < -0.39 is 5.56 Å². The number of anilines is 1. The van der Waals surface area contributed by atoms with Crippen molar-refractivity contribution >= 4 is 17.4 Å². The number of nitrogens with one attached hydrogen (secondary N) is 1. The van der Waals surface area contributed by atoms with Crippen molar-refractivity contribution in [3.63, 3.8) is 0 Å². The van der Waals surface area contributed by atoms with E-state index >= 15 is 0 Å². The Morgan fingerprint density at radius 1 is 1.27 bits per heavy atom. The van der Waals surface area contributed by atoms with Crippen LogP contribution >= 0.6 is 11.8 Å². The zero-order chi connectivity index (χ0) is 18.5. The summed E-state index contributed by atoms with van der Waals surface area (Å²) in [5.41, 5.74) is 7.96. The molecular weight excluding hydrogens is 348 g/mol. The molecule has 0 fully saturated rings. The highest BCUT2D eigenvalue weighted by molar-refractivity contribution is 7.98. The van der Waals surface area contributed by atoms with E-state index in [1.807, 2.05) is 30.3 Å². The molecule has 6 nitrogen and oxygen atoms in total. The lowest BCUT2D eigenvalue weighted by Gasteiger charge is -2.08. The van der Waals surface area contributed by atoms with Crippen LogP contribution in [-0.4, -0.2) is 17.1 Å². The first kappa shape index (κ1) is 17.6. The highest BCUT2D eigenvalue weighted by Crippen LogP contribution is 2.26. The zero-order valence-corrected chi connectivity index (χ0v) is 14.8. The first-order valence-electron chi connectivity index (χ1n) is 7.77. The second-order valence-electron chi connectivity index (χ2n) is 5.47. The van der Waals surface area contributed by atoms with Gasteiger partial charge in [0.15, 0.2) is 5.16 Å². The van der Waals surface area contributed by atoms with Crippen LogP contribution in [0.25, 0.3) is 11.3 Å². The van der Waals surface area contributed by atoms with Gasteiger partial charge in [0.25, 0.3) is 5.56 Å². The van der Waals surface area contributed by atoms with Gasteiger partial charge in [0.05, 0.1) is 12.8 Å². The molecule has 0 radical (unpaired) electrons. The van der Waals surface area contributed by atoms with E-state index in [0.717, 1.165) is 5.56 Å². The number of methoxy groups -OCH3 is 1. The average Bonchev–Trinajstić information content (AvgIpc) is 2.67. The quantitative estimate of drug-likeness (QED) is 0.409. The number of rotatable bonds is 5. The maximum absolute atomic E-state index is 12.3. The first-order valence-corrected chi connectivity index (χ1v) is 8.75. The van der Waals surface area contributed by atoms with Crippen LogP contribution in [0.2, 0.25) is 0 Å². The third kappa shape index (κ3) is 3.87. The lowest BCUT2D eigenvalue weighted by molar-refractivity contribution is 0.415. The van der Waals surface area contributed by atoms with Crippen molar-refractivity contribution in [2.75, 3.05) is 12.8 Å². The lowest BCUT2D eigenvalue weighted by Crippen LogP contribution is -2.14. The summed E-state index contributed by atoms with van der Waals surface area (Å²) in [4.78, 5) is 19.4. The molecule has 0 atom stereocenters. The molecule has 0 aliphatic heterocycles. The topological polar surface area (TPSA) is 105 Å². The van der Waals surface area contributed by atoms with Crippen molar-refractivity contribution in [2.45, 2.75) is 10.9 Å².